The Balaban J connectivity index is 2.66. The summed E-state index contributed by atoms with van der Waals surface area (Å²) in [6.45, 7) is 0.313. The number of fused-ring (bicyclic) bond motifs is 1. The van der Waals surface area contributed by atoms with Crippen molar-refractivity contribution in [2.24, 2.45) is 5.73 Å². The summed E-state index contributed by atoms with van der Waals surface area (Å²) in [7, 11) is 0. The highest BCUT2D eigenvalue weighted by Gasteiger charge is 2.24. The smallest absolute Gasteiger partial charge is 0.128 e. The Morgan fingerprint density at radius 3 is 3.08 bits per heavy atom. The molecule has 0 aromatic heterocycles. The fraction of sp³-hybridized carbons (Fsp3) is 0.222. The fourth-order valence-corrected chi connectivity index (χ4v) is 1.45. The molecule has 0 spiro atoms. The number of hydrogen-bond acceptors (Lipinski definition) is 3. The number of nitriles is 1. The average Bonchev–Trinajstić information content (AvgIpc) is 2.46. The van der Waals surface area contributed by atoms with E-state index in [4.69, 9.17) is 15.7 Å². The SMILES string of the molecule is N#Cc1cc(F)cc2c1C(N)CO2. The molecule has 0 saturated heterocycles. The van der Waals surface area contributed by atoms with Crippen molar-refractivity contribution in [3.8, 4) is 11.8 Å². The monoisotopic (exact) mass is 178 g/mol. The molecular weight excluding hydrogens is 171 g/mol. The van der Waals surface area contributed by atoms with Crippen molar-refractivity contribution in [3.63, 3.8) is 0 Å². The second-order valence-corrected chi connectivity index (χ2v) is 2.89. The summed E-state index contributed by atoms with van der Waals surface area (Å²) in [6.07, 6.45) is 0. The van der Waals surface area contributed by atoms with Crippen LogP contribution in [0.1, 0.15) is 17.2 Å². The van der Waals surface area contributed by atoms with Crippen LogP contribution in [0.4, 0.5) is 4.39 Å². The second-order valence-electron chi connectivity index (χ2n) is 2.89. The molecule has 0 radical (unpaired) electrons. The van der Waals surface area contributed by atoms with Crippen molar-refractivity contribution in [2.45, 2.75) is 6.04 Å². The van der Waals surface area contributed by atoms with E-state index >= 15 is 0 Å². The first-order valence-corrected chi connectivity index (χ1v) is 3.84. The minimum Gasteiger partial charge on any atom is -0.491 e. The van der Waals surface area contributed by atoms with E-state index in [-0.39, 0.29) is 11.6 Å². The van der Waals surface area contributed by atoms with Crippen LogP contribution in [0.3, 0.4) is 0 Å². The first kappa shape index (κ1) is 8.02. The summed E-state index contributed by atoms with van der Waals surface area (Å²) < 4.78 is 18.0. The third kappa shape index (κ3) is 1.14. The number of halogens is 1. The van der Waals surface area contributed by atoms with Gasteiger partial charge in [-0.3, -0.25) is 0 Å². The number of nitrogens with two attached hydrogens (primary N) is 1. The number of ether oxygens (including phenoxy) is 1. The number of hydrogen-bond donors (Lipinski definition) is 1. The van der Waals surface area contributed by atoms with Crippen molar-refractivity contribution in [1.82, 2.24) is 0 Å². The van der Waals surface area contributed by atoms with Crippen LogP contribution in [-0.4, -0.2) is 6.61 Å². The van der Waals surface area contributed by atoms with E-state index in [9.17, 15) is 4.39 Å². The molecule has 1 unspecified atom stereocenters. The Bertz CT molecular complexity index is 397. The van der Waals surface area contributed by atoms with Gasteiger partial charge >= 0.3 is 0 Å². The van der Waals surface area contributed by atoms with Crippen LogP contribution in [0.25, 0.3) is 0 Å². The van der Waals surface area contributed by atoms with Gasteiger partial charge in [0.05, 0.1) is 17.7 Å². The van der Waals surface area contributed by atoms with E-state index in [0.717, 1.165) is 0 Å². The van der Waals surface area contributed by atoms with Crippen LogP contribution < -0.4 is 10.5 Å². The van der Waals surface area contributed by atoms with Crippen molar-refractivity contribution in [3.05, 3.63) is 29.1 Å². The molecule has 0 amide bonds. The number of rotatable bonds is 0. The first-order chi connectivity index (χ1) is 6.22. The predicted molar refractivity (Wildman–Crippen MR) is 43.5 cm³/mol. The molecule has 4 heteroatoms. The third-order valence-corrected chi connectivity index (χ3v) is 2.02. The topological polar surface area (TPSA) is 59.0 Å². The molecule has 3 nitrogen and oxygen atoms in total. The van der Waals surface area contributed by atoms with Gasteiger partial charge in [-0.25, -0.2) is 4.39 Å². The molecule has 1 aromatic rings. The Labute approximate surface area is 74.5 Å². The predicted octanol–water partition coefficient (Wildman–Crippen LogP) is 1.09. The van der Waals surface area contributed by atoms with Crippen LogP contribution in [-0.2, 0) is 0 Å². The van der Waals surface area contributed by atoms with Gasteiger partial charge in [-0.05, 0) is 6.07 Å². The van der Waals surface area contributed by atoms with Crippen LogP contribution in [0.5, 0.6) is 5.75 Å². The Morgan fingerprint density at radius 1 is 1.62 bits per heavy atom. The maximum Gasteiger partial charge on any atom is 0.128 e. The minimum absolute atomic E-state index is 0.264. The summed E-state index contributed by atoms with van der Waals surface area (Å²) in [4.78, 5) is 0. The lowest BCUT2D eigenvalue weighted by Crippen LogP contribution is -2.11. The van der Waals surface area contributed by atoms with E-state index in [1.54, 1.807) is 0 Å². The van der Waals surface area contributed by atoms with E-state index in [1.807, 2.05) is 6.07 Å². The summed E-state index contributed by atoms with van der Waals surface area (Å²) >= 11 is 0. The second kappa shape index (κ2) is 2.71. The Morgan fingerprint density at radius 2 is 2.38 bits per heavy atom. The van der Waals surface area contributed by atoms with E-state index < -0.39 is 5.82 Å². The summed E-state index contributed by atoms with van der Waals surface area (Å²) in [6, 6.07) is 4.01. The van der Waals surface area contributed by atoms with Gasteiger partial charge in [0.15, 0.2) is 0 Å². The molecule has 2 N–H and O–H groups in total. The summed E-state index contributed by atoms with van der Waals surface area (Å²) in [5, 5.41) is 8.72. The van der Waals surface area contributed by atoms with E-state index in [1.165, 1.54) is 12.1 Å². The Hall–Kier alpha value is -1.60. The molecule has 0 saturated carbocycles. The molecule has 1 atom stereocenters. The maximum absolute atomic E-state index is 12.9. The van der Waals surface area contributed by atoms with Crippen LogP contribution in [0.2, 0.25) is 0 Å². The fourth-order valence-electron chi connectivity index (χ4n) is 1.45. The molecule has 1 aliphatic heterocycles. The Kier molecular flexibility index (Phi) is 1.67. The maximum atomic E-state index is 12.9. The lowest BCUT2D eigenvalue weighted by molar-refractivity contribution is 0.332. The van der Waals surface area contributed by atoms with Crippen molar-refractivity contribution in [2.75, 3.05) is 6.61 Å². The van der Waals surface area contributed by atoms with Crippen molar-refractivity contribution >= 4 is 0 Å². The largest absolute Gasteiger partial charge is 0.491 e. The summed E-state index contributed by atoms with van der Waals surface area (Å²) in [5.74, 6) is -0.0755. The van der Waals surface area contributed by atoms with Gasteiger partial charge in [0.25, 0.3) is 0 Å². The molecule has 13 heavy (non-hydrogen) atoms. The van der Waals surface area contributed by atoms with Crippen LogP contribution >= 0.6 is 0 Å². The lowest BCUT2D eigenvalue weighted by atomic mass is 10.0. The van der Waals surface area contributed by atoms with Crippen molar-refractivity contribution in [1.29, 1.82) is 5.26 Å². The molecular formula is C9H7FN2O. The van der Waals surface area contributed by atoms with Gasteiger partial charge < -0.3 is 10.5 Å². The molecule has 1 aromatic carbocycles. The zero-order valence-corrected chi connectivity index (χ0v) is 6.75. The zero-order chi connectivity index (χ0) is 9.42. The number of nitrogens with zero attached hydrogens (tertiary/aromatic N) is 1. The molecule has 1 heterocycles. The number of benzene rings is 1. The van der Waals surface area contributed by atoms with Crippen molar-refractivity contribution < 1.29 is 9.13 Å². The highest BCUT2D eigenvalue weighted by molar-refractivity contribution is 5.50. The molecule has 0 aliphatic carbocycles. The van der Waals surface area contributed by atoms with E-state index in [0.29, 0.717) is 17.9 Å². The van der Waals surface area contributed by atoms with Crippen LogP contribution in [0, 0.1) is 17.1 Å². The normalized spacial score (nSPS) is 19.0. The third-order valence-electron chi connectivity index (χ3n) is 2.02. The molecule has 2 rings (SSSR count). The standard InChI is InChI=1S/C9H7FN2O/c10-6-1-5(3-11)9-7(12)4-13-8(9)2-6/h1-2,7H,4,12H2. The highest BCUT2D eigenvalue weighted by Crippen LogP contribution is 2.34. The molecule has 0 bridgehead atoms. The van der Waals surface area contributed by atoms with Gasteiger partial charge in [-0.2, -0.15) is 5.26 Å². The minimum atomic E-state index is -0.468. The van der Waals surface area contributed by atoms with Gasteiger partial charge in [0.2, 0.25) is 0 Å². The van der Waals surface area contributed by atoms with Gasteiger partial charge in [-0.1, -0.05) is 0 Å². The van der Waals surface area contributed by atoms with Gasteiger partial charge in [-0.15, -0.1) is 0 Å². The van der Waals surface area contributed by atoms with Gasteiger partial charge in [0.1, 0.15) is 18.2 Å². The zero-order valence-electron chi connectivity index (χ0n) is 6.75. The summed E-state index contributed by atoms with van der Waals surface area (Å²) in [5.41, 5.74) is 6.55. The van der Waals surface area contributed by atoms with Gasteiger partial charge in [0, 0.05) is 11.6 Å². The molecule has 66 valence electrons. The lowest BCUT2D eigenvalue weighted by Gasteiger charge is -2.02. The average molecular weight is 178 g/mol. The molecule has 0 fully saturated rings. The first-order valence-electron chi connectivity index (χ1n) is 3.84. The molecule has 1 aliphatic rings. The quantitative estimate of drug-likeness (QED) is 0.646. The highest BCUT2D eigenvalue weighted by atomic mass is 19.1. The van der Waals surface area contributed by atoms with E-state index in [2.05, 4.69) is 0 Å². The van der Waals surface area contributed by atoms with Crippen LogP contribution in [0.15, 0.2) is 12.1 Å².